The van der Waals surface area contributed by atoms with Crippen molar-refractivity contribution in [2.45, 2.75) is 19.9 Å². The summed E-state index contributed by atoms with van der Waals surface area (Å²) < 4.78 is 36.2. The van der Waals surface area contributed by atoms with Crippen molar-refractivity contribution < 1.29 is 17.6 Å². The Labute approximate surface area is 111 Å². The van der Waals surface area contributed by atoms with E-state index in [1.54, 1.807) is 13.8 Å². The van der Waals surface area contributed by atoms with Gasteiger partial charge in [-0.3, -0.25) is 4.79 Å². The molecule has 1 aromatic carbocycles. The Bertz CT molecular complexity index is 572. The minimum Gasteiger partial charge on any atom is -0.382 e. The lowest BCUT2D eigenvalue weighted by Gasteiger charge is -2.15. The van der Waals surface area contributed by atoms with Crippen molar-refractivity contribution in [3.8, 4) is 0 Å². The highest BCUT2D eigenvalue weighted by molar-refractivity contribution is 7.91. The fourth-order valence-electron chi connectivity index (χ4n) is 1.63. The normalized spacial score (nSPS) is 13.0. The number of primary amides is 1. The molecule has 0 aliphatic carbocycles. The summed E-state index contributed by atoms with van der Waals surface area (Å²) in [5, 5.41) is 2.90. The second-order valence-electron chi connectivity index (χ2n) is 4.30. The van der Waals surface area contributed by atoms with E-state index in [0.29, 0.717) is 5.69 Å². The zero-order valence-corrected chi connectivity index (χ0v) is 11.6. The highest BCUT2D eigenvalue weighted by Crippen LogP contribution is 2.15. The van der Waals surface area contributed by atoms with Crippen LogP contribution in [0, 0.1) is 5.82 Å². The molecular formula is C12H17FN2O3S. The zero-order chi connectivity index (χ0) is 14.6. The molecule has 7 heteroatoms. The maximum absolute atomic E-state index is 13.3. The number of rotatable bonds is 6. The van der Waals surface area contributed by atoms with Crippen LogP contribution >= 0.6 is 0 Å². The molecule has 0 bridgehead atoms. The van der Waals surface area contributed by atoms with E-state index in [-0.39, 0.29) is 23.1 Å². The molecule has 0 aliphatic rings. The van der Waals surface area contributed by atoms with Crippen LogP contribution in [0.15, 0.2) is 18.2 Å². The van der Waals surface area contributed by atoms with Crippen LogP contribution < -0.4 is 11.1 Å². The third-order valence-electron chi connectivity index (χ3n) is 2.59. The second-order valence-corrected chi connectivity index (χ2v) is 6.70. The average Bonchev–Trinajstić information content (AvgIpc) is 2.30. The fourth-order valence-corrected chi connectivity index (χ4v) is 2.71. The summed E-state index contributed by atoms with van der Waals surface area (Å²) in [5.74, 6) is -1.54. The highest BCUT2D eigenvalue weighted by atomic mass is 32.2. The van der Waals surface area contributed by atoms with E-state index in [9.17, 15) is 17.6 Å². The van der Waals surface area contributed by atoms with Gasteiger partial charge in [-0.05, 0) is 25.1 Å². The first-order valence-corrected chi connectivity index (χ1v) is 7.63. The first-order chi connectivity index (χ1) is 8.75. The SMILES string of the molecule is CCS(=O)(=O)CC(C)Nc1ccc(F)c(C(N)=O)c1. The summed E-state index contributed by atoms with van der Waals surface area (Å²) in [5.41, 5.74) is 5.26. The first kappa shape index (κ1) is 15.4. The molecule has 1 amide bonds. The predicted octanol–water partition coefficient (Wildman–Crippen LogP) is 1.16. The van der Waals surface area contributed by atoms with E-state index < -0.39 is 21.6 Å². The molecule has 3 N–H and O–H groups in total. The number of nitrogens with two attached hydrogens (primary N) is 1. The van der Waals surface area contributed by atoms with E-state index in [1.165, 1.54) is 12.1 Å². The van der Waals surface area contributed by atoms with Gasteiger partial charge in [0.1, 0.15) is 5.82 Å². The summed E-state index contributed by atoms with van der Waals surface area (Å²) in [6.45, 7) is 3.27. The second kappa shape index (κ2) is 6.01. The number of carbonyl (C=O) groups excluding carboxylic acids is 1. The maximum Gasteiger partial charge on any atom is 0.251 e. The van der Waals surface area contributed by atoms with Crippen molar-refractivity contribution in [1.29, 1.82) is 0 Å². The minimum atomic E-state index is -3.10. The van der Waals surface area contributed by atoms with E-state index in [1.807, 2.05) is 0 Å². The van der Waals surface area contributed by atoms with Crippen LogP contribution in [0.2, 0.25) is 0 Å². The van der Waals surface area contributed by atoms with Crippen LogP contribution in [0.4, 0.5) is 10.1 Å². The number of anilines is 1. The lowest BCUT2D eigenvalue weighted by Crippen LogP contribution is -2.27. The molecule has 1 rings (SSSR count). The lowest BCUT2D eigenvalue weighted by atomic mass is 10.1. The van der Waals surface area contributed by atoms with Gasteiger partial charge in [-0.2, -0.15) is 0 Å². The van der Waals surface area contributed by atoms with Gasteiger partial charge >= 0.3 is 0 Å². The quantitative estimate of drug-likeness (QED) is 0.822. The number of benzene rings is 1. The molecule has 0 heterocycles. The Morgan fingerprint density at radius 1 is 1.47 bits per heavy atom. The summed E-state index contributed by atoms with van der Waals surface area (Å²) in [4.78, 5) is 11.0. The largest absolute Gasteiger partial charge is 0.382 e. The Balaban J connectivity index is 2.83. The standard InChI is InChI=1S/C12H17FN2O3S/c1-3-19(17,18)7-8(2)15-9-4-5-11(13)10(6-9)12(14)16/h4-6,8,15H,3,7H2,1-2H3,(H2,14,16). The van der Waals surface area contributed by atoms with Gasteiger partial charge in [-0.15, -0.1) is 0 Å². The average molecular weight is 288 g/mol. The minimum absolute atomic E-state index is 0.0349. The van der Waals surface area contributed by atoms with Crippen molar-refractivity contribution in [2.24, 2.45) is 5.73 Å². The van der Waals surface area contributed by atoms with E-state index in [4.69, 9.17) is 5.73 Å². The van der Waals surface area contributed by atoms with Crippen molar-refractivity contribution in [2.75, 3.05) is 16.8 Å². The molecular weight excluding hydrogens is 271 g/mol. The van der Waals surface area contributed by atoms with Gasteiger partial charge in [0.15, 0.2) is 9.84 Å². The molecule has 0 fully saturated rings. The van der Waals surface area contributed by atoms with Gasteiger partial charge in [-0.25, -0.2) is 12.8 Å². The van der Waals surface area contributed by atoms with Gasteiger partial charge in [0.2, 0.25) is 0 Å². The molecule has 0 aliphatic heterocycles. The van der Waals surface area contributed by atoms with Crippen LogP contribution in [0.1, 0.15) is 24.2 Å². The van der Waals surface area contributed by atoms with E-state index >= 15 is 0 Å². The molecule has 0 aromatic heterocycles. The fraction of sp³-hybridized carbons (Fsp3) is 0.417. The topological polar surface area (TPSA) is 89.3 Å². The Morgan fingerprint density at radius 2 is 2.11 bits per heavy atom. The number of halogens is 1. The molecule has 1 atom stereocenters. The highest BCUT2D eigenvalue weighted by Gasteiger charge is 2.15. The zero-order valence-electron chi connectivity index (χ0n) is 10.8. The number of hydrogen-bond acceptors (Lipinski definition) is 4. The van der Waals surface area contributed by atoms with E-state index in [0.717, 1.165) is 6.07 Å². The smallest absolute Gasteiger partial charge is 0.251 e. The van der Waals surface area contributed by atoms with Crippen molar-refractivity contribution in [3.05, 3.63) is 29.6 Å². The van der Waals surface area contributed by atoms with Gasteiger partial charge in [0, 0.05) is 17.5 Å². The number of amides is 1. The Hall–Kier alpha value is -1.63. The predicted molar refractivity (Wildman–Crippen MR) is 72.3 cm³/mol. The molecule has 0 saturated carbocycles. The van der Waals surface area contributed by atoms with Crippen LogP contribution in [0.25, 0.3) is 0 Å². The van der Waals surface area contributed by atoms with Crippen LogP contribution in [-0.2, 0) is 9.84 Å². The first-order valence-electron chi connectivity index (χ1n) is 5.81. The molecule has 19 heavy (non-hydrogen) atoms. The monoisotopic (exact) mass is 288 g/mol. The van der Waals surface area contributed by atoms with Gasteiger partial charge < -0.3 is 11.1 Å². The number of nitrogens with one attached hydrogen (secondary N) is 1. The van der Waals surface area contributed by atoms with Gasteiger partial charge in [0.25, 0.3) is 5.91 Å². The van der Waals surface area contributed by atoms with Crippen LogP contribution in [-0.4, -0.2) is 31.9 Å². The van der Waals surface area contributed by atoms with Crippen molar-refractivity contribution >= 4 is 21.4 Å². The summed E-state index contributed by atoms with van der Waals surface area (Å²) in [6.07, 6.45) is 0. The number of hydrogen-bond donors (Lipinski definition) is 2. The molecule has 0 spiro atoms. The summed E-state index contributed by atoms with van der Waals surface area (Å²) >= 11 is 0. The van der Waals surface area contributed by atoms with Crippen molar-refractivity contribution in [1.82, 2.24) is 0 Å². The van der Waals surface area contributed by atoms with Gasteiger partial charge in [0.05, 0.1) is 11.3 Å². The Kier molecular flexibility index (Phi) is 4.88. The van der Waals surface area contributed by atoms with Crippen LogP contribution in [0.5, 0.6) is 0 Å². The van der Waals surface area contributed by atoms with Crippen LogP contribution in [0.3, 0.4) is 0 Å². The third kappa shape index (κ3) is 4.51. The molecule has 0 saturated heterocycles. The molecule has 106 valence electrons. The summed E-state index contributed by atoms with van der Waals surface area (Å²) in [6, 6.07) is 3.46. The maximum atomic E-state index is 13.3. The molecule has 1 aromatic rings. The molecule has 0 radical (unpaired) electrons. The lowest BCUT2D eigenvalue weighted by molar-refractivity contribution is 0.0996. The molecule has 1 unspecified atom stereocenters. The van der Waals surface area contributed by atoms with Gasteiger partial charge in [-0.1, -0.05) is 6.92 Å². The third-order valence-corrected chi connectivity index (χ3v) is 4.48. The summed E-state index contributed by atoms with van der Waals surface area (Å²) in [7, 11) is -3.10. The number of sulfone groups is 1. The Morgan fingerprint density at radius 3 is 2.63 bits per heavy atom. The van der Waals surface area contributed by atoms with Crippen molar-refractivity contribution in [3.63, 3.8) is 0 Å². The molecule has 5 nitrogen and oxygen atoms in total. The van der Waals surface area contributed by atoms with E-state index in [2.05, 4.69) is 5.32 Å². The number of carbonyl (C=O) groups is 1.